The highest BCUT2D eigenvalue weighted by molar-refractivity contribution is 5.86. The summed E-state index contributed by atoms with van der Waals surface area (Å²) >= 11 is 0. The van der Waals surface area contributed by atoms with Crippen LogP contribution in [0.2, 0.25) is 0 Å². The molecule has 3 rings (SSSR count). The maximum absolute atomic E-state index is 13.0. The molecular weight excluding hydrogens is 298 g/mol. The molecule has 0 aliphatic carbocycles. The van der Waals surface area contributed by atoms with Crippen molar-refractivity contribution in [1.29, 1.82) is 0 Å². The fraction of sp³-hybridized carbons (Fsp3) is 0.529. The first-order valence-electron chi connectivity index (χ1n) is 7.98. The first-order chi connectivity index (χ1) is 11.2. The number of fused-ring (bicyclic) bond motifs is 1. The van der Waals surface area contributed by atoms with E-state index in [2.05, 4.69) is 0 Å². The molecule has 1 aromatic rings. The zero-order valence-corrected chi connectivity index (χ0v) is 12.9. The molecule has 0 unspecified atom stereocenters. The van der Waals surface area contributed by atoms with Gasteiger partial charge in [0.05, 0.1) is 6.42 Å². The summed E-state index contributed by atoms with van der Waals surface area (Å²) < 4.78 is 11.0. The number of aliphatic carboxylic acids is 1. The van der Waals surface area contributed by atoms with E-state index >= 15 is 0 Å². The van der Waals surface area contributed by atoms with Crippen LogP contribution < -0.4 is 4.74 Å². The molecule has 124 valence electrons. The highest BCUT2D eigenvalue weighted by atomic mass is 16.5. The van der Waals surface area contributed by atoms with Crippen LogP contribution in [0, 0.1) is 0 Å². The Balaban J connectivity index is 1.78. The molecule has 23 heavy (non-hydrogen) atoms. The maximum Gasteiger partial charge on any atom is 0.305 e. The van der Waals surface area contributed by atoms with Crippen molar-refractivity contribution in [2.24, 2.45) is 0 Å². The third kappa shape index (κ3) is 3.47. The summed E-state index contributed by atoms with van der Waals surface area (Å²) in [5, 5.41) is 8.98. The summed E-state index contributed by atoms with van der Waals surface area (Å²) in [7, 11) is 0. The zero-order valence-electron chi connectivity index (χ0n) is 12.9. The number of hydrogen-bond acceptors (Lipinski definition) is 4. The summed E-state index contributed by atoms with van der Waals surface area (Å²) in [6, 6.07) is 7.59. The molecule has 0 spiro atoms. The molecular formula is C17H21NO5. The molecule has 6 heteroatoms. The second-order valence-corrected chi connectivity index (χ2v) is 5.92. The third-order valence-corrected chi connectivity index (χ3v) is 4.48. The number of benzene rings is 1. The van der Waals surface area contributed by atoms with E-state index in [4.69, 9.17) is 14.6 Å². The van der Waals surface area contributed by atoms with Crippen molar-refractivity contribution < 1.29 is 24.2 Å². The average Bonchev–Trinajstić information content (AvgIpc) is 2.99. The van der Waals surface area contributed by atoms with Gasteiger partial charge in [-0.05, 0) is 18.9 Å². The molecule has 1 N–H and O–H groups in total. The summed E-state index contributed by atoms with van der Waals surface area (Å²) in [5.41, 5.74) is 0.893. The van der Waals surface area contributed by atoms with Gasteiger partial charge in [0, 0.05) is 31.4 Å². The van der Waals surface area contributed by atoms with Crippen molar-refractivity contribution >= 4 is 11.9 Å². The normalized spacial score (nSPS) is 20.6. The molecule has 1 aromatic carbocycles. The molecule has 1 fully saturated rings. The Bertz CT molecular complexity index is 582. The number of carboxylic acids is 1. The SMILES string of the molecule is O=C(O)CCN(C(=O)[C@@H]1COc2ccccc21)C1CCOCC1. The number of carbonyl (C=O) groups excluding carboxylic acids is 1. The Morgan fingerprint density at radius 3 is 2.70 bits per heavy atom. The van der Waals surface area contributed by atoms with Crippen LogP contribution in [0.3, 0.4) is 0 Å². The Kier molecular flexibility index (Phi) is 4.81. The number of nitrogens with zero attached hydrogens (tertiary/aromatic N) is 1. The third-order valence-electron chi connectivity index (χ3n) is 4.48. The fourth-order valence-corrected chi connectivity index (χ4v) is 3.25. The molecule has 0 bridgehead atoms. The van der Waals surface area contributed by atoms with E-state index in [9.17, 15) is 9.59 Å². The van der Waals surface area contributed by atoms with Gasteiger partial charge in [-0.2, -0.15) is 0 Å². The van der Waals surface area contributed by atoms with Gasteiger partial charge < -0.3 is 19.5 Å². The Morgan fingerprint density at radius 2 is 1.96 bits per heavy atom. The lowest BCUT2D eigenvalue weighted by Crippen LogP contribution is -2.46. The highest BCUT2D eigenvalue weighted by Crippen LogP contribution is 2.35. The average molecular weight is 319 g/mol. The van der Waals surface area contributed by atoms with Gasteiger partial charge in [0.1, 0.15) is 18.3 Å². The lowest BCUT2D eigenvalue weighted by atomic mass is 9.97. The molecule has 6 nitrogen and oxygen atoms in total. The fourth-order valence-electron chi connectivity index (χ4n) is 3.25. The van der Waals surface area contributed by atoms with Crippen molar-refractivity contribution in [3.8, 4) is 5.75 Å². The van der Waals surface area contributed by atoms with Crippen LogP contribution in [0.1, 0.15) is 30.7 Å². The minimum absolute atomic E-state index is 0.0388. The lowest BCUT2D eigenvalue weighted by molar-refractivity contribution is -0.141. The van der Waals surface area contributed by atoms with Crippen LogP contribution in [0.25, 0.3) is 0 Å². The van der Waals surface area contributed by atoms with Gasteiger partial charge in [-0.25, -0.2) is 0 Å². The topological polar surface area (TPSA) is 76.1 Å². The van der Waals surface area contributed by atoms with Gasteiger partial charge in [0.25, 0.3) is 0 Å². The van der Waals surface area contributed by atoms with Gasteiger partial charge in [0.2, 0.25) is 5.91 Å². The number of carboxylic acid groups (broad SMARTS) is 1. The minimum atomic E-state index is -0.891. The van der Waals surface area contributed by atoms with Gasteiger partial charge in [-0.3, -0.25) is 9.59 Å². The van der Waals surface area contributed by atoms with E-state index in [1.165, 1.54) is 0 Å². The lowest BCUT2D eigenvalue weighted by Gasteiger charge is -2.35. The van der Waals surface area contributed by atoms with Crippen molar-refractivity contribution in [1.82, 2.24) is 4.90 Å². The number of carbonyl (C=O) groups is 2. The summed E-state index contributed by atoms with van der Waals surface area (Å²) in [6.45, 7) is 1.78. The standard InChI is InChI=1S/C17H21NO5/c19-16(20)5-8-18(12-6-9-22-10-7-12)17(21)14-11-23-15-4-2-1-3-13(14)15/h1-4,12,14H,5-11H2,(H,19,20)/t14-/m1/s1. The number of para-hydroxylation sites is 1. The Morgan fingerprint density at radius 1 is 1.22 bits per heavy atom. The smallest absolute Gasteiger partial charge is 0.305 e. The number of ether oxygens (including phenoxy) is 2. The Hall–Kier alpha value is -2.08. The number of amides is 1. The summed E-state index contributed by atoms with van der Waals surface area (Å²) in [4.78, 5) is 25.7. The van der Waals surface area contributed by atoms with Crippen LogP contribution in [-0.2, 0) is 14.3 Å². The second kappa shape index (κ2) is 7.00. The van der Waals surface area contributed by atoms with Crippen molar-refractivity contribution in [3.63, 3.8) is 0 Å². The first kappa shape index (κ1) is 15.8. The van der Waals surface area contributed by atoms with Crippen LogP contribution in [0.4, 0.5) is 0 Å². The molecule has 0 radical (unpaired) electrons. The van der Waals surface area contributed by atoms with Crippen LogP contribution >= 0.6 is 0 Å². The predicted octanol–water partition coefficient (Wildman–Crippen LogP) is 1.64. The molecule has 1 saturated heterocycles. The summed E-state index contributed by atoms with van der Waals surface area (Å²) in [6.07, 6.45) is 1.46. The van der Waals surface area contributed by atoms with E-state index < -0.39 is 5.97 Å². The highest BCUT2D eigenvalue weighted by Gasteiger charge is 2.36. The molecule has 2 aliphatic heterocycles. The van der Waals surface area contributed by atoms with E-state index in [1.807, 2.05) is 24.3 Å². The van der Waals surface area contributed by atoms with Crippen molar-refractivity contribution in [3.05, 3.63) is 29.8 Å². The monoisotopic (exact) mass is 319 g/mol. The summed E-state index contributed by atoms with van der Waals surface area (Å²) in [5.74, 6) is -0.528. The molecule has 1 atom stereocenters. The first-order valence-corrected chi connectivity index (χ1v) is 7.98. The number of rotatable bonds is 5. The van der Waals surface area contributed by atoms with Gasteiger partial charge >= 0.3 is 5.97 Å². The molecule has 0 aromatic heterocycles. The predicted molar refractivity (Wildman–Crippen MR) is 82.5 cm³/mol. The minimum Gasteiger partial charge on any atom is -0.492 e. The molecule has 2 aliphatic rings. The van der Waals surface area contributed by atoms with Crippen molar-refractivity contribution in [2.75, 3.05) is 26.4 Å². The number of hydrogen-bond donors (Lipinski definition) is 1. The van der Waals surface area contributed by atoms with E-state index in [0.29, 0.717) is 19.8 Å². The van der Waals surface area contributed by atoms with Gasteiger partial charge in [-0.15, -0.1) is 0 Å². The maximum atomic E-state index is 13.0. The van der Waals surface area contributed by atoms with Crippen molar-refractivity contribution in [2.45, 2.75) is 31.2 Å². The van der Waals surface area contributed by atoms with Crippen LogP contribution in [0.15, 0.2) is 24.3 Å². The second-order valence-electron chi connectivity index (χ2n) is 5.92. The molecule has 1 amide bonds. The van der Waals surface area contributed by atoms with Gasteiger partial charge in [0.15, 0.2) is 0 Å². The van der Waals surface area contributed by atoms with E-state index in [0.717, 1.165) is 24.2 Å². The Labute approximate surface area is 135 Å². The molecule has 2 heterocycles. The van der Waals surface area contributed by atoms with E-state index in [-0.39, 0.29) is 30.8 Å². The van der Waals surface area contributed by atoms with Crippen LogP contribution in [-0.4, -0.2) is 54.3 Å². The van der Waals surface area contributed by atoms with Crippen LogP contribution in [0.5, 0.6) is 5.75 Å². The largest absolute Gasteiger partial charge is 0.492 e. The zero-order chi connectivity index (χ0) is 16.2. The van der Waals surface area contributed by atoms with Gasteiger partial charge in [-0.1, -0.05) is 18.2 Å². The molecule has 0 saturated carbocycles. The quantitative estimate of drug-likeness (QED) is 0.893. The van der Waals surface area contributed by atoms with E-state index in [1.54, 1.807) is 4.90 Å².